The van der Waals surface area contributed by atoms with Gasteiger partial charge in [-0.2, -0.15) is 0 Å². The summed E-state index contributed by atoms with van der Waals surface area (Å²) < 4.78 is 5.02. The molecule has 2 atom stereocenters. The van der Waals surface area contributed by atoms with Gasteiger partial charge >= 0.3 is 138 Å². The van der Waals surface area contributed by atoms with Crippen molar-refractivity contribution in [1.82, 2.24) is 0 Å². The third kappa shape index (κ3) is 2.06. The summed E-state index contributed by atoms with van der Waals surface area (Å²) in [6.45, 7) is 4.42. The number of benzene rings is 2. The van der Waals surface area contributed by atoms with Gasteiger partial charge in [-0.15, -0.1) is 0 Å². The van der Waals surface area contributed by atoms with Crippen LogP contribution in [0.3, 0.4) is 0 Å². The Labute approximate surface area is 138 Å². The molecule has 2 aromatic rings. The molecule has 0 amide bonds. The molecule has 0 bridgehead atoms. The van der Waals surface area contributed by atoms with E-state index in [4.69, 9.17) is 0 Å². The third-order valence-electron chi connectivity index (χ3n) is 5.56. The van der Waals surface area contributed by atoms with E-state index in [-0.39, 0.29) is 0 Å². The average Bonchev–Trinajstić information content (AvgIpc) is 3.19. The van der Waals surface area contributed by atoms with Gasteiger partial charge in [-0.05, 0) is 0 Å². The minimum atomic E-state index is -2.54. The molecule has 2 unspecified atom stereocenters. The molecule has 0 aliphatic heterocycles. The van der Waals surface area contributed by atoms with Gasteiger partial charge in [0.25, 0.3) is 0 Å². The van der Waals surface area contributed by atoms with Gasteiger partial charge in [0, 0.05) is 0 Å². The topological polar surface area (TPSA) is 0 Å². The summed E-state index contributed by atoms with van der Waals surface area (Å²) in [4.78, 5) is 0. The van der Waals surface area contributed by atoms with Crippen LogP contribution < -0.4 is 0 Å². The average molecular weight is 365 g/mol. The summed E-state index contributed by atoms with van der Waals surface area (Å²) in [5, 5.41) is 0. The van der Waals surface area contributed by atoms with Crippen LogP contribution in [0, 0.1) is 6.92 Å². The first-order valence-electron chi connectivity index (χ1n) is 8.07. The molecular formula is C21H21Zr. The number of rotatable bonds is 3. The summed E-state index contributed by atoms with van der Waals surface area (Å²) in [5.74, 6) is 0. The molecule has 2 aliphatic carbocycles. The Hall–Kier alpha value is -1.20. The molecule has 0 nitrogen and oxygen atoms in total. The van der Waals surface area contributed by atoms with Crippen molar-refractivity contribution in [2.24, 2.45) is 0 Å². The molecule has 1 heteroatoms. The summed E-state index contributed by atoms with van der Waals surface area (Å²) in [6, 6.07) is 17.8. The molecule has 2 aromatic carbocycles. The van der Waals surface area contributed by atoms with Crippen molar-refractivity contribution in [3.63, 3.8) is 0 Å². The Morgan fingerprint density at radius 2 is 1.27 bits per heavy atom. The van der Waals surface area contributed by atoms with Gasteiger partial charge in [-0.1, -0.05) is 0 Å². The Balaban J connectivity index is 1.80. The zero-order valence-corrected chi connectivity index (χ0v) is 15.5. The fraction of sp³-hybridized carbons (Fsp3) is 0.190. The standard InChI is InChI=1S/2C9H7.C2H4.CH3.Zr/c2*1-2-5-9-7-3-6-8(9)4-1;1-2;;/h2*1-7H;1-2H2;1H3;. The molecule has 0 fully saturated rings. The van der Waals surface area contributed by atoms with Gasteiger partial charge in [0.05, 0.1) is 0 Å². The first-order valence-corrected chi connectivity index (χ1v) is 15.1. The van der Waals surface area contributed by atoms with E-state index in [1.165, 1.54) is 11.1 Å². The van der Waals surface area contributed by atoms with Crippen LogP contribution in [0.5, 0.6) is 0 Å². The molecule has 0 saturated carbocycles. The van der Waals surface area contributed by atoms with Crippen molar-refractivity contribution in [2.45, 2.75) is 16.0 Å². The van der Waals surface area contributed by atoms with Crippen molar-refractivity contribution >= 4 is 12.2 Å². The summed E-state index contributed by atoms with van der Waals surface area (Å²) in [7, 11) is 0. The van der Waals surface area contributed by atoms with Gasteiger partial charge < -0.3 is 0 Å². The van der Waals surface area contributed by atoms with Crippen LogP contribution >= 0.6 is 0 Å². The van der Waals surface area contributed by atoms with Crippen LogP contribution in [-0.2, 0) is 20.3 Å². The third-order valence-corrected chi connectivity index (χ3v) is 17.7. The van der Waals surface area contributed by atoms with Gasteiger partial charge in [-0.3, -0.25) is 0 Å². The molecule has 0 N–H and O–H groups in total. The van der Waals surface area contributed by atoms with Crippen molar-refractivity contribution in [3.8, 4) is 0 Å². The van der Waals surface area contributed by atoms with E-state index in [9.17, 15) is 0 Å². The van der Waals surface area contributed by atoms with Crippen LogP contribution in [0.2, 0.25) is 8.76 Å². The van der Waals surface area contributed by atoms with Crippen molar-refractivity contribution < 1.29 is 20.3 Å². The number of hydrogen-bond donors (Lipinski definition) is 0. The van der Waals surface area contributed by atoms with Crippen molar-refractivity contribution in [3.05, 3.63) is 89.9 Å². The monoisotopic (exact) mass is 363 g/mol. The van der Waals surface area contributed by atoms with Crippen molar-refractivity contribution in [2.75, 3.05) is 0 Å². The van der Waals surface area contributed by atoms with E-state index in [1.807, 2.05) is 0 Å². The van der Waals surface area contributed by atoms with Crippen molar-refractivity contribution in [1.29, 1.82) is 0 Å². The summed E-state index contributed by atoms with van der Waals surface area (Å²) in [6.07, 6.45) is 9.60. The molecule has 0 aromatic heterocycles. The first kappa shape index (κ1) is 14.4. The molecule has 109 valence electrons. The minimum absolute atomic E-state index is 0.642. The molecule has 22 heavy (non-hydrogen) atoms. The first-order chi connectivity index (χ1) is 10.7. The Kier molecular flexibility index (Phi) is 3.57. The van der Waals surface area contributed by atoms with Gasteiger partial charge in [0.1, 0.15) is 0 Å². The quantitative estimate of drug-likeness (QED) is 0.629. The zero-order chi connectivity index (χ0) is 15.2. The second kappa shape index (κ2) is 5.46. The van der Waals surface area contributed by atoms with Crippen LogP contribution in [0.4, 0.5) is 0 Å². The maximum absolute atomic E-state index is 4.42. The fourth-order valence-electron chi connectivity index (χ4n) is 4.15. The predicted octanol–water partition coefficient (Wildman–Crippen LogP) is 5.98. The second-order valence-corrected chi connectivity index (χ2v) is 18.4. The molecule has 2 aliphatic rings. The van der Waals surface area contributed by atoms with Gasteiger partial charge in [0.15, 0.2) is 0 Å². The van der Waals surface area contributed by atoms with E-state index in [2.05, 4.69) is 84.4 Å². The number of allylic oxidation sites excluding steroid dienone is 2. The number of fused-ring (bicyclic) bond motifs is 2. The molecule has 0 saturated heterocycles. The Bertz CT molecular complexity index is 707. The van der Waals surface area contributed by atoms with E-state index in [1.54, 1.807) is 11.1 Å². The number of hydrogen-bond acceptors (Lipinski definition) is 0. The Morgan fingerprint density at radius 3 is 1.73 bits per heavy atom. The van der Waals surface area contributed by atoms with Crippen LogP contribution in [-0.4, -0.2) is 0 Å². The molecule has 4 rings (SSSR count). The molecular weight excluding hydrogens is 343 g/mol. The molecule has 0 spiro atoms. The SMILES string of the molecule is [CH2][CH2][Zr]([CH3])([CH]1C=Cc2ccccc21)[CH]1C=Cc2ccccc21. The summed E-state index contributed by atoms with van der Waals surface area (Å²) in [5.41, 5.74) is 5.92. The van der Waals surface area contributed by atoms with E-state index in [0.717, 1.165) is 4.13 Å². The second-order valence-electron chi connectivity index (χ2n) is 6.69. The predicted molar refractivity (Wildman–Crippen MR) is 92.5 cm³/mol. The summed E-state index contributed by atoms with van der Waals surface area (Å²) >= 11 is -2.54. The van der Waals surface area contributed by atoms with E-state index in [0.29, 0.717) is 7.25 Å². The van der Waals surface area contributed by atoms with E-state index >= 15 is 0 Å². The Morgan fingerprint density at radius 1 is 0.818 bits per heavy atom. The van der Waals surface area contributed by atoms with Crippen LogP contribution in [0.25, 0.3) is 12.2 Å². The van der Waals surface area contributed by atoms with E-state index < -0.39 is 20.3 Å². The fourth-order valence-corrected chi connectivity index (χ4v) is 14.1. The normalized spacial score (nSPS) is 24.1. The molecule has 0 heterocycles. The van der Waals surface area contributed by atoms with Crippen LogP contribution in [0.15, 0.2) is 60.7 Å². The maximum atomic E-state index is 4.42. The molecule has 1 radical (unpaired) electrons. The van der Waals surface area contributed by atoms with Crippen LogP contribution in [0.1, 0.15) is 29.5 Å². The van der Waals surface area contributed by atoms with Gasteiger partial charge in [0.2, 0.25) is 0 Å². The van der Waals surface area contributed by atoms with Gasteiger partial charge in [-0.25, -0.2) is 0 Å². The zero-order valence-electron chi connectivity index (χ0n) is 13.0.